The topological polar surface area (TPSA) is 67.0 Å². The zero-order valence-corrected chi connectivity index (χ0v) is 13.0. The normalized spacial score (nSPS) is 10.7. The lowest BCUT2D eigenvalue weighted by Gasteiger charge is -2.05. The number of nitrogens with zero attached hydrogens (tertiary/aromatic N) is 1. The van der Waals surface area contributed by atoms with Gasteiger partial charge in [0.25, 0.3) is 0 Å². The van der Waals surface area contributed by atoms with Gasteiger partial charge in [0, 0.05) is 29.3 Å². The zero-order valence-electron chi connectivity index (χ0n) is 12.2. The first kappa shape index (κ1) is 16.1. The van der Waals surface area contributed by atoms with Crippen LogP contribution in [0.4, 0.5) is 24.0 Å². The van der Waals surface area contributed by atoms with Crippen LogP contribution in [0.25, 0.3) is 11.3 Å². The number of thiazole rings is 1. The summed E-state index contributed by atoms with van der Waals surface area (Å²) in [5.74, 6) is -3.64. The number of H-pyrrole nitrogens is 1. The fourth-order valence-electron chi connectivity index (χ4n) is 2.00. The minimum Gasteiger partial charge on any atom is -0.464 e. The monoisotopic (exact) mass is 353 g/mol. The van der Waals surface area contributed by atoms with Gasteiger partial charge in [0.2, 0.25) is 0 Å². The Morgan fingerprint density at radius 1 is 1.25 bits per heavy atom. The minimum absolute atomic E-state index is 0.218. The summed E-state index contributed by atoms with van der Waals surface area (Å²) in [4.78, 5) is 18.3. The van der Waals surface area contributed by atoms with E-state index in [4.69, 9.17) is 0 Å². The van der Waals surface area contributed by atoms with E-state index in [1.54, 1.807) is 17.6 Å². The Hall–Kier alpha value is -2.81. The molecular formula is C15H10F3N3O2S. The van der Waals surface area contributed by atoms with Crippen LogP contribution in [0.3, 0.4) is 0 Å². The summed E-state index contributed by atoms with van der Waals surface area (Å²) in [6.45, 7) is 0. The highest BCUT2D eigenvalue weighted by Gasteiger charge is 2.15. The molecule has 5 nitrogen and oxygen atoms in total. The molecule has 3 rings (SSSR count). The number of anilines is 2. The first-order valence-electron chi connectivity index (χ1n) is 6.62. The maximum atomic E-state index is 13.6. The molecule has 0 aliphatic carbocycles. The SMILES string of the molecule is COC(=O)c1cc(-c2csc(Nc3c(F)cc(F)cc3F)n2)c[nH]1. The van der Waals surface area contributed by atoms with Crippen LogP contribution >= 0.6 is 11.3 Å². The minimum atomic E-state index is -1.06. The van der Waals surface area contributed by atoms with Crippen molar-refractivity contribution in [1.29, 1.82) is 0 Å². The molecule has 2 N–H and O–H groups in total. The van der Waals surface area contributed by atoms with Crippen molar-refractivity contribution in [2.24, 2.45) is 0 Å². The number of hydrogen-bond donors (Lipinski definition) is 2. The Balaban J connectivity index is 1.84. The van der Waals surface area contributed by atoms with E-state index in [0.717, 1.165) is 11.3 Å². The van der Waals surface area contributed by atoms with Gasteiger partial charge >= 0.3 is 5.97 Å². The van der Waals surface area contributed by atoms with Gasteiger partial charge in [-0.15, -0.1) is 11.3 Å². The van der Waals surface area contributed by atoms with Crippen LogP contribution in [0.2, 0.25) is 0 Å². The molecule has 0 saturated heterocycles. The molecule has 2 heterocycles. The molecule has 0 spiro atoms. The lowest BCUT2D eigenvalue weighted by Crippen LogP contribution is -2.00. The number of esters is 1. The van der Waals surface area contributed by atoms with Crippen molar-refractivity contribution in [3.8, 4) is 11.3 Å². The van der Waals surface area contributed by atoms with Crippen molar-refractivity contribution in [1.82, 2.24) is 9.97 Å². The van der Waals surface area contributed by atoms with Crippen LogP contribution in [0.1, 0.15) is 10.5 Å². The van der Waals surface area contributed by atoms with Gasteiger partial charge in [-0.1, -0.05) is 0 Å². The Kier molecular flexibility index (Phi) is 4.26. The second kappa shape index (κ2) is 6.36. The third-order valence-corrected chi connectivity index (χ3v) is 3.88. The second-order valence-electron chi connectivity index (χ2n) is 4.70. The van der Waals surface area contributed by atoms with Gasteiger partial charge in [-0.05, 0) is 6.07 Å². The van der Waals surface area contributed by atoms with Crippen molar-refractivity contribution in [3.63, 3.8) is 0 Å². The zero-order chi connectivity index (χ0) is 17.3. The molecule has 0 atom stereocenters. The van der Waals surface area contributed by atoms with Gasteiger partial charge < -0.3 is 15.0 Å². The van der Waals surface area contributed by atoms with Crippen molar-refractivity contribution in [2.75, 3.05) is 12.4 Å². The Labute approximate surface area is 138 Å². The van der Waals surface area contributed by atoms with Crippen LogP contribution < -0.4 is 5.32 Å². The second-order valence-corrected chi connectivity index (χ2v) is 5.56. The number of carbonyl (C=O) groups excluding carboxylic acids is 1. The van der Waals surface area contributed by atoms with E-state index >= 15 is 0 Å². The Bertz CT molecular complexity index is 884. The number of nitrogens with one attached hydrogen (secondary N) is 2. The number of halogens is 3. The number of aromatic nitrogens is 2. The smallest absolute Gasteiger partial charge is 0.354 e. The fraction of sp³-hybridized carbons (Fsp3) is 0.0667. The molecular weight excluding hydrogens is 343 g/mol. The maximum Gasteiger partial charge on any atom is 0.354 e. The lowest BCUT2D eigenvalue weighted by molar-refractivity contribution is 0.0595. The molecule has 3 aromatic rings. The quantitative estimate of drug-likeness (QED) is 0.694. The summed E-state index contributed by atoms with van der Waals surface area (Å²) in [5, 5.41) is 4.35. The highest BCUT2D eigenvalue weighted by Crippen LogP contribution is 2.30. The predicted octanol–water partition coefficient (Wildman–Crippen LogP) is 4.09. The first-order chi connectivity index (χ1) is 11.5. The summed E-state index contributed by atoms with van der Waals surface area (Å²) in [5.41, 5.74) is 0.879. The lowest BCUT2D eigenvalue weighted by atomic mass is 10.2. The summed E-state index contributed by atoms with van der Waals surface area (Å²) in [7, 11) is 1.26. The third kappa shape index (κ3) is 3.11. The number of ether oxygens (including phenoxy) is 1. The number of carbonyl (C=O) groups is 1. The molecule has 2 aromatic heterocycles. The average molecular weight is 353 g/mol. The van der Waals surface area contributed by atoms with E-state index in [0.29, 0.717) is 23.4 Å². The molecule has 124 valence electrons. The van der Waals surface area contributed by atoms with Crippen LogP contribution in [0.5, 0.6) is 0 Å². The molecule has 1 aromatic carbocycles. The molecule has 0 radical (unpaired) electrons. The molecule has 9 heteroatoms. The van der Waals surface area contributed by atoms with Gasteiger partial charge in [0.05, 0.1) is 12.8 Å². The number of methoxy groups -OCH3 is 1. The van der Waals surface area contributed by atoms with Crippen molar-refractivity contribution < 1.29 is 22.7 Å². The van der Waals surface area contributed by atoms with Gasteiger partial charge in [-0.3, -0.25) is 0 Å². The van der Waals surface area contributed by atoms with Gasteiger partial charge in [-0.25, -0.2) is 22.9 Å². The summed E-state index contributed by atoms with van der Waals surface area (Å²) >= 11 is 1.10. The first-order valence-corrected chi connectivity index (χ1v) is 7.50. The number of rotatable bonds is 4. The molecule has 0 amide bonds. The molecule has 0 unspecified atom stereocenters. The third-order valence-electron chi connectivity index (χ3n) is 3.13. The Morgan fingerprint density at radius 3 is 2.62 bits per heavy atom. The van der Waals surface area contributed by atoms with Crippen LogP contribution in [0, 0.1) is 17.5 Å². The predicted molar refractivity (Wildman–Crippen MR) is 82.8 cm³/mol. The van der Waals surface area contributed by atoms with Crippen molar-refractivity contribution in [3.05, 3.63) is 52.9 Å². The van der Waals surface area contributed by atoms with Crippen molar-refractivity contribution in [2.45, 2.75) is 0 Å². The molecule has 0 aliphatic rings. The molecule has 24 heavy (non-hydrogen) atoms. The van der Waals surface area contributed by atoms with Crippen LogP contribution in [-0.4, -0.2) is 23.0 Å². The van der Waals surface area contributed by atoms with E-state index in [1.807, 2.05) is 0 Å². The van der Waals surface area contributed by atoms with E-state index in [2.05, 4.69) is 20.0 Å². The number of aromatic amines is 1. The number of hydrogen-bond acceptors (Lipinski definition) is 5. The van der Waals surface area contributed by atoms with Gasteiger partial charge in [0.15, 0.2) is 16.8 Å². The summed E-state index contributed by atoms with van der Waals surface area (Å²) < 4.78 is 44.8. The highest BCUT2D eigenvalue weighted by atomic mass is 32.1. The van der Waals surface area contributed by atoms with Gasteiger partial charge in [-0.2, -0.15) is 0 Å². The van der Waals surface area contributed by atoms with E-state index < -0.39 is 29.1 Å². The molecule has 0 fully saturated rings. The van der Waals surface area contributed by atoms with E-state index in [1.165, 1.54) is 7.11 Å². The average Bonchev–Trinajstić information content (AvgIpc) is 3.19. The molecule has 0 saturated carbocycles. The van der Waals surface area contributed by atoms with Gasteiger partial charge in [0.1, 0.15) is 17.2 Å². The highest BCUT2D eigenvalue weighted by molar-refractivity contribution is 7.14. The summed E-state index contributed by atoms with van der Waals surface area (Å²) in [6.07, 6.45) is 1.56. The molecule has 0 bridgehead atoms. The Morgan fingerprint density at radius 2 is 1.96 bits per heavy atom. The van der Waals surface area contributed by atoms with E-state index in [9.17, 15) is 18.0 Å². The van der Waals surface area contributed by atoms with Crippen LogP contribution in [-0.2, 0) is 4.74 Å². The van der Waals surface area contributed by atoms with Crippen LogP contribution in [0.15, 0.2) is 29.8 Å². The summed E-state index contributed by atoms with van der Waals surface area (Å²) in [6, 6.07) is 2.70. The largest absolute Gasteiger partial charge is 0.464 e. The maximum absolute atomic E-state index is 13.6. The van der Waals surface area contributed by atoms with Crippen molar-refractivity contribution >= 4 is 28.1 Å². The number of benzene rings is 1. The molecule has 0 aliphatic heterocycles. The standard InChI is InChI=1S/C15H10F3N3O2S/c1-23-14(22)11-2-7(5-19-11)12-6-24-15(20-12)21-13-9(17)3-8(16)4-10(13)18/h2-6,19H,1H3,(H,20,21). The fourth-order valence-corrected chi connectivity index (χ4v) is 2.73. The van der Waals surface area contributed by atoms with E-state index in [-0.39, 0.29) is 10.8 Å².